The van der Waals surface area contributed by atoms with E-state index in [2.05, 4.69) is 28.9 Å². The standard InChI is InChI=1S/C21H27N5O3/c1-2-26-20-17(13-23-26)19(24-14-5-9-28-10-6-14)16(12-22-20)18-11-21(29-25-18)7-3-15(27)4-8-21/h11-14,25H,2-10H2,1H3,(H,22,24). The summed E-state index contributed by atoms with van der Waals surface area (Å²) in [4.78, 5) is 22.4. The molecule has 0 unspecified atom stereocenters. The van der Waals surface area contributed by atoms with E-state index in [0.29, 0.717) is 37.5 Å². The first-order chi connectivity index (χ1) is 14.2. The smallest absolute Gasteiger partial charge is 0.159 e. The van der Waals surface area contributed by atoms with Crippen LogP contribution in [0.25, 0.3) is 16.7 Å². The summed E-state index contributed by atoms with van der Waals surface area (Å²) in [5.41, 5.74) is 6.53. The van der Waals surface area contributed by atoms with Crippen LogP contribution in [-0.2, 0) is 20.9 Å². The molecule has 2 aromatic heterocycles. The predicted octanol–water partition coefficient (Wildman–Crippen LogP) is 2.80. The molecule has 0 radical (unpaired) electrons. The first-order valence-electron chi connectivity index (χ1n) is 10.6. The van der Waals surface area contributed by atoms with Gasteiger partial charge in [0.2, 0.25) is 0 Å². The van der Waals surface area contributed by atoms with Crippen molar-refractivity contribution >= 4 is 28.2 Å². The lowest BCUT2D eigenvalue weighted by Crippen LogP contribution is -2.34. The fraction of sp³-hybridized carbons (Fsp3) is 0.571. The second-order valence-corrected chi connectivity index (χ2v) is 8.14. The average Bonchev–Trinajstić information content (AvgIpc) is 3.36. The number of anilines is 1. The van der Waals surface area contributed by atoms with Gasteiger partial charge in [0, 0.05) is 50.4 Å². The molecular formula is C21H27N5O3. The van der Waals surface area contributed by atoms with Gasteiger partial charge in [-0.3, -0.25) is 15.1 Å². The number of aromatic nitrogens is 3. The summed E-state index contributed by atoms with van der Waals surface area (Å²) < 4.78 is 7.43. The van der Waals surface area contributed by atoms with Crippen molar-refractivity contribution in [1.82, 2.24) is 20.2 Å². The van der Waals surface area contributed by atoms with Gasteiger partial charge in [0.15, 0.2) is 5.65 Å². The number of fused-ring (bicyclic) bond motifs is 1. The molecule has 1 aliphatic carbocycles. The van der Waals surface area contributed by atoms with Gasteiger partial charge in [0.1, 0.15) is 11.4 Å². The normalized spacial score (nSPS) is 22.1. The molecule has 2 N–H and O–H groups in total. The fourth-order valence-corrected chi connectivity index (χ4v) is 4.47. The van der Waals surface area contributed by atoms with Crippen LogP contribution < -0.4 is 10.8 Å². The molecule has 2 aliphatic heterocycles. The van der Waals surface area contributed by atoms with E-state index in [9.17, 15) is 4.79 Å². The highest BCUT2D eigenvalue weighted by Crippen LogP contribution is 2.40. The monoisotopic (exact) mass is 397 g/mol. The van der Waals surface area contributed by atoms with Crippen molar-refractivity contribution in [2.45, 2.75) is 63.6 Å². The minimum absolute atomic E-state index is 0.318. The van der Waals surface area contributed by atoms with E-state index >= 15 is 0 Å². The Balaban J connectivity index is 1.54. The van der Waals surface area contributed by atoms with E-state index < -0.39 is 5.60 Å². The fourth-order valence-electron chi connectivity index (χ4n) is 4.47. The Labute approximate surface area is 169 Å². The van der Waals surface area contributed by atoms with Gasteiger partial charge in [0.05, 0.1) is 23.0 Å². The first kappa shape index (κ1) is 18.6. The zero-order chi connectivity index (χ0) is 19.8. The van der Waals surface area contributed by atoms with Gasteiger partial charge < -0.3 is 10.1 Å². The molecule has 1 saturated carbocycles. The van der Waals surface area contributed by atoms with Crippen LogP contribution in [0.2, 0.25) is 0 Å². The highest BCUT2D eigenvalue weighted by atomic mass is 16.7. The molecule has 4 heterocycles. The number of rotatable bonds is 4. The molecule has 0 atom stereocenters. The third-order valence-electron chi connectivity index (χ3n) is 6.25. The zero-order valence-corrected chi connectivity index (χ0v) is 16.7. The molecule has 5 rings (SSSR count). The molecule has 3 aliphatic rings. The lowest BCUT2D eigenvalue weighted by atomic mass is 9.83. The quantitative estimate of drug-likeness (QED) is 0.820. The molecule has 2 fully saturated rings. The molecule has 29 heavy (non-hydrogen) atoms. The van der Waals surface area contributed by atoms with E-state index in [0.717, 1.165) is 60.6 Å². The molecule has 2 aromatic rings. The van der Waals surface area contributed by atoms with Gasteiger partial charge in [-0.05, 0) is 38.7 Å². The second-order valence-electron chi connectivity index (χ2n) is 8.14. The van der Waals surface area contributed by atoms with E-state index in [-0.39, 0.29) is 0 Å². The van der Waals surface area contributed by atoms with Gasteiger partial charge in [-0.15, -0.1) is 0 Å². The Bertz CT molecular complexity index is 951. The lowest BCUT2D eigenvalue weighted by Gasteiger charge is -2.28. The second kappa shape index (κ2) is 7.42. The number of carbonyl (C=O) groups excluding carboxylic acids is 1. The Hall–Kier alpha value is -2.45. The number of nitrogens with one attached hydrogen (secondary N) is 2. The van der Waals surface area contributed by atoms with Crippen LogP contribution in [0.3, 0.4) is 0 Å². The van der Waals surface area contributed by atoms with Crippen LogP contribution in [0.5, 0.6) is 0 Å². The molecule has 0 amide bonds. The number of nitrogens with zero attached hydrogens (tertiary/aromatic N) is 3. The van der Waals surface area contributed by atoms with Crippen molar-refractivity contribution < 1.29 is 14.4 Å². The summed E-state index contributed by atoms with van der Waals surface area (Å²) in [7, 11) is 0. The molecule has 8 heteroatoms. The Morgan fingerprint density at radius 2 is 2.07 bits per heavy atom. The number of aryl methyl sites for hydroxylation is 1. The number of hydroxylamine groups is 1. The Morgan fingerprint density at radius 3 is 2.83 bits per heavy atom. The van der Waals surface area contributed by atoms with Crippen LogP contribution in [0.1, 0.15) is 51.0 Å². The molecule has 0 bridgehead atoms. The maximum Gasteiger partial charge on any atom is 0.159 e. The van der Waals surface area contributed by atoms with Crippen molar-refractivity contribution in [2.75, 3.05) is 18.5 Å². The Kier molecular flexibility index (Phi) is 4.75. The van der Waals surface area contributed by atoms with Gasteiger partial charge in [-0.1, -0.05) is 0 Å². The van der Waals surface area contributed by atoms with Gasteiger partial charge in [-0.25, -0.2) is 9.67 Å². The molecule has 1 spiro atoms. The molecule has 1 saturated heterocycles. The third-order valence-corrected chi connectivity index (χ3v) is 6.25. The van der Waals surface area contributed by atoms with Crippen molar-refractivity contribution in [1.29, 1.82) is 0 Å². The number of hydrogen-bond donors (Lipinski definition) is 2. The van der Waals surface area contributed by atoms with E-state index in [1.165, 1.54) is 0 Å². The SMILES string of the molecule is CCn1ncc2c(NC3CCOCC3)c(C3=CC4(CCC(=O)CC4)ON3)cnc21. The Morgan fingerprint density at radius 1 is 1.28 bits per heavy atom. The summed E-state index contributed by atoms with van der Waals surface area (Å²) in [6.45, 7) is 4.39. The van der Waals surface area contributed by atoms with Gasteiger partial charge in [-0.2, -0.15) is 5.10 Å². The van der Waals surface area contributed by atoms with Crippen LogP contribution in [0, 0.1) is 0 Å². The van der Waals surface area contributed by atoms with Crippen LogP contribution in [0.4, 0.5) is 5.69 Å². The minimum atomic E-state index is -0.401. The maximum absolute atomic E-state index is 11.7. The van der Waals surface area contributed by atoms with Crippen molar-refractivity contribution in [3.8, 4) is 0 Å². The summed E-state index contributed by atoms with van der Waals surface area (Å²) in [6.07, 6.45) is 10.4. The van der Waals surface area contributed by atoms with E-state index in [1.54, 1.807) is 0 Å². The summed E-state index contributed by atoms with van der Waals surface area (Å²) in [5.74, 6) is 0.318. The largest absolute Gasteiger partial charge is 0.381 e. The van der Waals surface area contributed by atoms with Crippen LogP contribution in [-0.4, -0.2) is 45.4 Å². The molecule has 8 nitrogen and oxygen atoms in total. The van der Waals surface area contributed by atoms with Gasteiger partial charge >= 0.3 is 0 Å². The molecule has 154 valence electrons. The topological polar surface area (TPSA) is 90.3 Å². The highest BCUT2D eigenvalue weighted by molar-refractivity contribution is 5.96. The number of hydrogen-bond acceptors (Lipinski definition) is 7. The molecular weight excluding hydrogens is 370 g/mol. The van der Waals surface area contributed by atoms with Crippen LogP contribution >= 0.6 is 0 Å². The first-order valence-corrected chi connectivity index (χ1v) is 10.6. The third kappa shape index (κ3) is 3.40. The lowest BCUT2D eigenvalue weighted by molar-refractivity contribution is -0.127. The van der Waals surface area contributed by atoms with E-state index in [1.807, 2.05) is 17.1 Å². The summed E-state index contributed by atoms with van der Waals surface area (Å²) in [6, 6.07) is 0.349. The van der Waals surface area contributed by atoms with Crippen molar-refractivity contribution in [3.63, 3.8) is 0 Å². The van der Waals surface area contributed by atoms with E-state index in [4.69, 9.17) is 14.6 Å². The number of carbonyl (C=O) groups is 1. The average molecular weight is 397 g/mol. The van der Waals surface area contributed by atoms with Gasteiger partial charge in [0.25, 0.3) is 0 Å². The number of ether oxygens (including phenoxy) is 1. The van der Waals surface area contributed by atoms with Crippen molar-refractivity contribution in [2.24, 2.45) is 0 Å². The number of Topliss-reactive ketones (excluding diaryl/α,β-unsaturated/α-hetero) is 1. The minimum Gasteiger partial charge on any atom is -0.381 e. The highest BCUT2D eigenvalue weighted by Gasteiger charge is 2.39. The number of pyridine rings is 1. The summed E-state index contributed by atoms with van der Waals surface area (Å²) in [5, 5.41) is 9.26. The summed E-state index contributed by atoms with van der Waals surface area (Å²) >= 11 is 0. The molecule has 0 aromatic carbocycles. The zero-order valence-electron chi connectivity index (χ0n) is 16.7. The predicted molar refractivity (Wildman–Crippen MR) is 109 cm³/mol. The van der Waals surface area contributed by atoms with Crippen molar-refractivity contribution in [3.05, 3.63) is 24.0 Å². The number of ketones is 1. The van der Waals surface area contributed by atoms with Crippen LogP contribution in [0.15, 0.2) is 18.5 Å². The maximum atomic E-state index is 11.7.